The average molecular weight is 406 g/mol. The van der Waals surface area contributed by atoms with Crippen LogP contribution in [0.25, 0.3) is 0 Å². The van der Waals surface area contributed by atoms with Gasteiger partial charge in [-0.15, -0.1) is 0 Å². The number of nitrogens with zero attached hydrogens (tertiary/aromatic N) is 1. The van der Waals surface area contributed by atoms with Crippen LogP contribution in [0.4, 0.5) is 0 Å². The predicted molar refractivity (Wildman–Crippen MR) is 115 cm³/mol. The number of aryl methyl sites for hydroxylation is 1. The molecule has 0 radical (unpaired) electrons. The van der Waals surface area contributed by atoms with Gasteiger partial charge in [0, 0.05) is 25.1 Å². The van der Waals surface area contributed by atoms with Crippen LogP contribution >= 0.6 is 0 Å². The number of benzene rings is 2. The molecule has 0 aliphatic carbocycles. The van der Waals surface area contributed by atoms with Crippen LogP contribution in [0.3, 0.4) is 0 Å². The van der Waals surface area contributed by atoms with Crippen LogP contribution in [-0.4, -0.2) is 33.6 Å². The summed E-state index contributed by atoms with van der Waals surface area (Å²) in [5, 5.41) is 12.1. The topological polar surface area (TPSA) is 121 Å². The van der Waals surface area contributed by atoms with Gasteiger partial charge in [-0.1, -0.05) is 42.5 Å². The molecule has 1 aromatic heterocycles. The van der Waals surface area contributed by atoms with Crippen LogP contribution in [0.15, 0.2) is 59.4 Å². The Morgan fingerprint density at radius 1 is 1.13 bits per heavy atom. The van der Waals surface area contributed by atoms with Gasteiger partial charge in [-0.2, -0.15) is 0 Å². The smallest absolute Gasteiger partial charge is 0.269 e. The average Bonchev–Trinajstić information content (AvgIpc) is 2.73. The van der Waals surface area contributed by atoms with Gasteiger partial charge in [-0.05, 0) is 36.6 Å². The minimum Gasteiger partial charge on any atom is -0.508 e. The minimum atomic E-state index is -0.712. The van der Waals surface area contributed by atoms with Crippen LogP contribution < -0.4 is 16.6 Å². The molecule has 1 heterocycles. The highest BCUT2D eigenvalue weighted by atomic mass is 16.3. The first-order valence-electron chi connectivity index (χ1n) is 9.86. The van der Waals surface area contributed by atoms with E-state index in [4.69, 9.17) is 5.73 Å². The lowest BCUT2D eigenvalue weighted by molar-refractivity contribution is -0.122. The molecule has 5 N–H and O–H groups in total. The van der Waals surface area contributed by atoms with Gasteiger partial charge in [0.05, 0.1) is 11.7 Å². The summed E-state index contributed by atoms with van der Waals surface area (Å²) in [7, 11) is 0. The van der Waals surface area contributed by atoms with E-state index >= 15 is 0 Å². The number of H-pyrrole nitrogens is 1. The van der Waals surface area contributed by atoms with Crippen molar-refractivity contribution in [2.75, 3.05) is 6.54 Å². The Balaban J connectivity index is 1.53. The maximum Gasteiger partial charge on any atom is 0.269 e. The van der Waals surface area contributed by atoms with E-state index < -0.39 is 6.04 Å². The van der Waals surface area contributed by atoms with Gasteiger partial charge >= 0.3 is 0 Å². The van der Waals surface area contributed by atoms with Crippen molar-refractivity contribution in [2.45, 2.75) is 32.2 Å². The molecule has 0 saturated carbocycles. The third kappa shape index (κ3) is 5.78. The van der Waals surface area contributed by atoms with Crippen LogP contribution in [0, 0.1) is 6.92 Å². The largest absolute Gasteiger partial charge is 0.508 e. The summed E-state index contributed by atoms with van der Waals surface area (Å²) in [4.78, 5) is 32.0. The van der Waals surface area contributed by atoms with Crippen molar-refractivity contribution < 1.29 is 9.90 Å². The van der Waals surface area contributed by atoms with Crippen molar-refractivity contribution in [3.05, 3.63) is 93.2 Å². The van der Waals surface area contributed by atoms with Crippen LogP contribution in [-0.2, 0) is 24.1 Å². The van der Waals surface area contributed by atoms with E-state index in [1.165, 1.54) is 0 Å². The number of aromatic nitrogens is 2. The van der Waals surface area contributed by atoms with Crippen LogP contribution in [0.5, 0.6) is 5.75 Å². The van der Waals surface area contributed by atoms with Gasteiger partial charge in [0.15, 0.2) is 0 Å². The molecule has 7 heteroatoms. The van der Waals surface area contributed by atoms with Crippen LogP contribution in [0.2, 0.25) is 0 Å². The molecule has 0 unspecified atom stereocenters. The number of hydrogen-bond donors (Lipinski definition) is 4. The van der Waals surface area contributed by atoms with Crippen molar-refractivity contribution in [3.8, 4) is 5.75 Å². The molecular weight excluding hydrogens is 380 g/mol. The minimum absolute atomic E-state index is 0.166. The zero-order valence-corrected chi connectivity index (χ0v) is 16.9. The number of aromatic hydroxyl groups is 1. The van der Waals surface area contributed by atoms with E-state index in [0.717, 1.165) is 22.5 Å². The summed E-state index contributed by atoms with van der Waals surface area (Å²) in [5.41, 5.74) is 9.61. The molecule has 2 aromatic carbocycles. The monoisotopic (exact) mass is 406 g/mol. The zero-order valence-electron chi connectivity index (χ0n) is 16.9. The Labute approximate surface area is 175 Å². The summed E-state index contributed by atoms with van der Waals surface area (Å²) >= 11 is 0. The Kier molecular flexibility index (Phi) is 6.98. The second-order valence-electron chi connectivity index (χ2n) is 7.26. The summed E-state index contributed by atoms with van der Waals surface area (Å²) in [5.74, 6) is -0.128. The second-order valence-corrected chi connectivity index (χ2v) is 7.26. The number of phenols is 1. The van der Waals surface area contributed by atoms with Gasteiger partial charge in [0.25, 0.3) is 5.56 Å². The Bertz CT molecular complexity index is 1050. The van der Waals surface area contributed by atoms with Gasteiger partial charge in [-0.25, -0.2) is 0 Å². The molecule has 7 nitrogen and oxygen atoms in total. The summed E-state index contributed by atoms with van der Waals surface area (Å²) < 4.78 is 0. The highest BCUT2D eigenvalue weighted by molar-refractivity contribution is 5.81. The molecule has 0 aliphatic heterocycles. The van der Waals surface area contributed by atoms with Gasteiger partial charge < -0.3 is 21.1 Å². The summed E-state index contributed by atoms with van der Waals surface area (Å²) in [6.07, 6.45) is 1.29. The van der Waals surface area contributed by atoms with Crippen molar-refractivity contribution in [1.82, 2.24) is 15.3 Å². The molecule has 1 amide bonds. The van der Waals surface area contributed by atoms with Crippen molar-refractivity contribution in [3.63, 3.8) is 0 Å². The lowest BCUT2D eigenvalue weighted by Gasteiger charge is -2.13. The number of amides is 1. The first kappa shape index (κ1) is 21.3. The molecule has 3 rings (SSSR count). The summed E-state index contributed by atoms with van der Waals surface area (Å²) in [6.45, 7) is 2.14. The number of carbonyl (C=O) groups excluding carboxylic acids is 1. The van der Waals surface area contributed by atoms with Gasteiger partial charge in [0.2, 0.25) is 5.91 Å². The standard InChI is InChI=1S/C23H26N4O3/c1-15-21(14-16-5-3-2-4-6-16)27-23(30)20(26-15)11-12-25-22(29)19(24)13-17-7-9-18(28)10-8-17/h2-10,19,28H,11-14,24H2,1H3,(H,25,29)(H,27,30)/t19-/m0/s1. The zero-order chi connectivity index (χ0) is 21.5. The summed E-state index contributed by atoms with van der Waals surface area (Å²) in [6, 6.07) is 15.7. The highest BCUT2D eigenvalue weighted by Crippen LogP contribution is 2.11. The highest BCUT2D eigenvalue weighted by Gasteiger charge is 2.14. The normalized spacial score (nSPS) is 11.8. The first-order valence-corrected chi connectivity index (χ1v) is 9.86. The maximum atomic E-state index is 12.4. The molecule has 1 atom stereocenters. The number of hydrogen-bond acceptors (Lipinski definition) is 5. The van der Waals surface area contributed by atoms with Crippen molar-refractivity contribution >= 4 is 5.91 Å². The lowest BCUT2D eigenvalue weighted by atomic mass is 10.1. The third-order valence-corrected chi connectivity index (χ3v) is 4.88. The Morgan fingerprint density at radius 3 is 2.53 bits per heavy atom. The molecule has 0 aliphatic rings. The number of nitrogens with two attached hydrogens (primary N) is 1. The lowest BCUT2D eigenvalue weighted by Crippen LogP contribution is -2.43. The first-order chi connectivity index (χ1) is 14.4. The molecule has 156 valence electrons. The molecule has 3 aromatic rings. The fourth-order valence-corrected chi connectivity index (χ4v) is 3.18. The van der Waals surface area contributed by atoms with Crippen molar-refractivity contribution in [2.24, 2.45) is 5.73 Å². The van der Waals surface area contributed by atoms with E-state index in [1.807, 2.05) is 37.3 Å². The number of phenolic OH excluding ortho intramolecular Hbond substituents is 1. The SMILES string of the molecule is Cc1nc(CCNC(=O)[C@@H](N)Cc2ccc(O)cc2)c(=O)[nH]c1Cc1ccccc1. The molecular formula is C23H26N4O3. The number of rotatable bonds is 8. The molecule has 0 fully saturated rings. The fraction of sp³-hybridized carbons (Fsp3) is 0.261. The van der Waals surface area contributed by atoms with E-state index in [1.54, 1.807) is 24.3 Å². The molecule has 0 spiro atoms. The fourth-order valence-electron chi connectivity index (χ4n) is 3.18. The Morgan fingerprint density at radius 2 is 1.83 bits per heavy atom. The predicted octanol–water partition coefficient (Wildman–Crippen LogP) is 1.60. The van der Waals surface area contributed by atoms with Gasteiger partial charge in [0.1, 0.15) is 11.4 Å². The number of aromatic amines is 1. The maximum absolute atomic E-state index is 12.4. The van der Waals surface area contributed by atoms with E-state index in [2.05, 4.69) is 15.3 Å². The Hall–Kier alpha value is -3.45. The van der Waals surface area contributed by atoms with Crippen molar-refractivity contribution in [1.29, 1.82) is 0 Å². The van der Waals surface area contributed by atoms with Gasteiger partial charge in [-0.3, -0.25) is 14.6 Å². The number of carbonyl (C=O) groups is 1. The van der Waals surface area contributed by atoms with E-state index in [9.17, 15) is 14.7 Å². The number of nitrogens with one attached hydrogen (secondary N) is 2. The second kappa shape index (κ2) is 9.84. The van der Waals surface area contributed by atoms with Crippen LogP contribution in [0.1, 0.15) is 28.2 Å². The molecule has 30 heavy (non-hydrogen) atoms. The molecule has 0 saturated heterocycles. The molecule has 0 bridgehead atoms. The third-order valence-electron chi connectivity index (χ3n) is 4.88. The van der Waals surface area contributed by atoms with E-state index in [0.29, 0.717) is 25.0 Å². The quantitative estimate of drug-likeness (QED) is 0.453. The van der Waals surface area contributed by atoms with E-state index in [-0.39, 0.29) is 23.8 Å².